The van der Waals surface area contributed by atoms with Crippen molar-refractivity contribution in [3.63, 3.8) is 0 Å². The first-order valence-corrected chi connectivity index (χ1v) is 7.12. The van der Waals surface area contributed by atoms with Gasteiger partial charge in [-0.25, -0.2) is 0 Å². The summed E-state index contributed by atoms with van der Waals surface area (Å²) in [5, 5.41) is 2.01. The summed E-state index contributed by atoms with van der Waals surface area (Å²) in [5.41, 5.74) is 3.93. The quantitative estimate of drug-likeness (QED) is 0.409. The Morgan fingerprint density at radius 1 is 1.30 bits per heavy atom. The van der Waals surface area contributed by atoms with Crippen LogP contribution in [0.2, 0.25) is 0 Å². The molecular weight excluding hydrogens is 268 g/mol. The smallest absolute Gasteiger partial charge is 0.272 e. The zero-order chi connectivity index (χ0) is 15.8. The summed E-state index contributed by atoms with van der Waals surface area (Å²) in [7, 11) is 0. The Morgan fingerprint density at radius 2 is 2.20 bits per heavy atom. The molecule has 4 aromatic heterocycles. The van der Waals surface area contributed by atoms with Gasteiger partial charge in [0.05, 0.1) is 22.7 Å². The maximum absolute atomic E-state index is 7.91. The van der Waals surface area contributed by atoms with Gasteiger partial charge >= 0.3 is 0 Å². The topological polar surface area (TPSA) is 34.6 Å². The molecule has 0 aliphatic carbocycles. The lowest BCUT2D eigenvalue weighted by molar-refractivity contribution is -0.641. The monoisotopic (exact) mass is 282 g/mol. The minimum absolute atomic E-state index is 0.651. The van der Waals surface area contributed by atoms with Crippen molar-refractivity contribution < 1.29 is 8.68 Å². The Balaban J connectivity index is 1.96. The van der Waals surface area contributed by atoms with Crippen molar-refractivity contribution in [2.24, 2.45) is 6.98 Å². The molecule has 0 saturated carbocycles. The highest BCUT2D eigenvalue weighted by atomic mass is 32.1. The maximum Gasteiger partial charge on any atom is 0.272 e. The molecule has 4 nitrogen and oxygen atoms in total. The Hall–Kier alpha value is -2.27. The molecule has 4 aromatic rings. The molecule has 1 aliphatic heterocycles. The zero-order valence-electron chi connectivity index (χ0n) is 13.4. The molecule has 0 unspecified atom stereocenters. The number of rotatable bonds is 0. The molecule has 0 amide bonds. The van der Waals surface area contributed by atoms with Gasteiger partial charge in [-0.05, 0) is 23.5 Å². The first-order chi connectivity index (χ1) is 11.1. The second kappa shape index (κ2) is 3.43. The normalized spacial score (nSPS) is 15.9. The highest BCUT2D eigenvalue weighted by Crippen LogP contribution is 2.38. The van der Waals surface area contributed by atoms with Crippen LogP contribution >= 0.6 is 11.3 Å². The molecule has 5 heterocycles. The van der Waals surface area contributed by atoms with Gasteiger partial charge in [-0.2, -0.15) is 4.57 Å². The summed E-state index contributed by atoms with van der Waals surface area (Å²) in [4.78, 5) is 9.07. The van der Waals surface area contributed by atoms with E-state index in [0.717, 1.165) is 32.8 Å². The fourth-order valence-electron chi connectivity index (χ4n) is 2.98. The Morgan fingerprint density at radius 3 is 3.15 bits per heavy atom. The minimum atomic E-state index is -2.23. The highest BCUT2D eigenvalue weighted by molar-refractivity contribution is 7.21. The van der Waals surface area contributed by atoms with Crippen LogP contribution < -0.4 is 4.57 Å². The molecule has 0 aromatic carbocycles. The third kappa shape index (κ3) is 1.10. The van der Waals surface area contributed by atoms with Crippen LogP contribution in [0, 0.1) is 0 Å². The number of aromatic nitrogens is 4. The van der Waals surface area contributed by atoms with Crippen molar-refractivity contribution in [2.75, 3.05) is 0 Å². The first-order valence-electron chi connectivity index (χ1n) is 7.80. The van der Waals surface area contributed by atoms with Gasteiger partial charge in [-0.1, -0.05) is 0 Å². The molecule has 0 saturated heterocycles. The van der Waals surface area contributed by atoms with Crippen LogP contribution in [0.5, 0.6) is 0 Å². The molecule has 0 spiro atoms. The standard InChI is InChI=1S/C15H11N4S/c1-18-12-7-17-5-3-11(12)13-15(18)20-14-10-2-4-16-6-9(10)8-19(13)14/h2-7H,8H2,1H3/q+1/i1D3. The number of pyridine rings is 2. The average Bonchev–Trinajstić information content (AvgIpc) is 3.12. The number of aryl methyl sites for hydroxylation is 1. The van der Waals surface area contributed by atoms with E-state index in [1.165, 1.54) is 21.5 Å². The molecule has 0 atom stereocenters. The fraction of sp³-hybridized carbons (Fsp3) is 0.133. The van der Waals surface area contributed by atoms with Crippen LogP contribution in [0.3, 0.4) is 0 Å². The van der Waals surface area contributed by atoms with Crippen molar-refractivity contribution >= 4 is 32.6 Å². The molecule has 5 rings (SSSR count). The van der Waals surface area contributed by atoms with Crippen LogP contribution in [0.1, 0.15) is 9.68 Å². The van der Waals surface area contributed by atoms with Crippen LogP contribution in [0.4, 0.5) is 0 Å². The van der Waals surface area contributed by atoms with Gasteiger partial charge < -0.3 is 4.57 Å². The van der Waals surface area contributed by atoms with Gasteiger partial charge in [0.1, 0.15) is 0 Å². The molecular formula is C15H11N4S+. The third-order valence-electron chi connectivity index (χ3n) is 3.87. The number of hydrogen-bond acceptors (Lipinski definition) is 3. The van der Waals surface area contributed by atoms with Gasteiger partial charge in [0.2, 0.25) is 0 Å². The van der Waals surface area contributed by atoms with Crippen molar-refractivity contribution in [3.8, 4) is 10.6 Å². The lowest BCUT2D eigenvalue weighted by Gasteiger charge is -1.93. The van der Waals surface area contributed by atoms with E-state index in [4.69, 9.17) is 4.11 Å². The van der Waals surface area contributed by atoms with E-state index in [9.17, 15) is 0 Å². The highest BCUT2D eigenvalue weighted by Gasteiger charge is 2.34. The summed E-state index contributed by atoms with van der Waals surface area (Å²) < 4.78 is 27.4. The van der Waals surface area contributed by atoms with Crippen molar-refractivity contribution in [1.29, 1.82) is 0 Å². The molecule has 0 bridgehead atoms. The molecule has 0 radical (unpaired) electrons. The largest absolute Gasteiger partial charge is 0.329 e. The Labute approximate surface area is 123 Å². The summed E-state index contributed by atoms with van der Waals surface area (Å²) >= 11 is 1.52. The van der Waals surface area contributed by atoms with E-state index in [1.807, 2.05) is 18.3 Å². The molecule has 5 heteroatoms. The van der Waals surface area contributed by atoms with Gasteiger partial charge in [-0.15, -0.1) is 0 Å². The van der Waals surface area contributed by atoms with E-state index < -0.39 is 6.98 Å². The molecule has 0 fully saturated rings. The van der Waals surface area contributed by atoms with Crippen LogP contribution in [0.15, 0.2) is 36.9 Å². The predicted octanol–water partition coefficient (Wildman–Crippen LogP) is 2.50. The Bertz CT molecular complexity index is 1090. The summed E-state index contributed by atoms with van der Waals surface area (Å²) in [5.74, 6) is 0. The fourth-order valence-corrected chi connectivity index (χ4v) is 4.25. The molecule has 20 heavy (non-hydrogen) atoms. The SMILES string of the molecule is [2H]C([2H])([2H])n1c2cnccc2c2c1sc1[n+]2Cc2cnccc2-1. The Kier molecular flexibility index (Phi) is 1.39. The van der Waals surface area contributed by atoms with E-state index in [0.29, 0.717) is 5.52 Å². The van der Waals surface area contributed by atoms with Gasteiger partial charge in [0.25, 0.3) is 10.5 Å². The number of fused-ring (bicyclic) bond motifs is 7. The van der Waals surface area contributed by atoms with Crippen molar-refractivity contribution in [1.82, 2.24) is 14.5 Å². The molecule has 1 aliphatic rings. The van der Waals surface area contributed by atoms with Crippen molar-refractivity contribution in [2.45, 2.75) is 6.54 Å². The zero-order valence-corrected chi connectivity index (χ0v) is 11.2. The van der Waals surface area contributed by atoms with Crippen LogP contribution in [-0.4, -0.2) is 14.5 Å². The summed E-state index contributed by atoms with van der Waals surface area (Å²) in [6.07, 6.45) is 7.00. The van der Waals surface area contributed by atoms with Gasteiger partial charge in [-0.3, -0.25) is 9.97 Å². The lowest BCUT2D eigenvalue weighted by atomic mass is 10.2. The first kappa shape index (κ1) is 8.11. The molecule has 96 valence electrons. The molecule has 0 N–H and O–H groups in total. The van der Waals surface area contributed by atoms with Gasteiger partial charge in [0.15, 0.2) is 11.4 Å². The average molecular weight is 282 g/mol. The van der Waals surface area contributed by atoms with E-state index in [2.05, 4.69) is 14.5 Å². The maximum atomic E-state index is 7.91. The number of hydrogen-bond donors (Lipinski definition) is 0. The van der Waals surface area contributed by atoms with Crippen LogP contribution in [0.25, 0.3) is 31.8 Å². The second-order valence-electron chi connectivity index (χ2n) is 4.91. The van der Waals surface area contributed by atoms with E-state index in [1.54, 1.807) is 18.6 Å². The minimum Gasteiger partial charge on any atom is -0.329 e. The summed E-state index contributed by atoms with van der Waals surface area (Å²) in [6.45, 7) is -1.51. The predicted molar refractivity (Wildman–Crippen MR) is 78.6 cm³/mol. The van der Waals surface area contributed by atoms with E-state index in [-0.39, 0.29) is 0 Å². The third-order valence-corrected chi connectivity index (χ3v) is 5.08. The van der Waals surface area contributed by atoms with E-state index >= 15 is 0 Å². The van der Waals surface area contributed by atoms with Crippen LogP contribution in [-0.2, 0) is 13.5 Å². The number of nitrogens with zero attached hydrogens (tertiary/aromatic N) is 4. The lowest BCUT2D eigenvalue weighted by Crippen LogP contribution is -2.30. The summed E-state index contributed by atoms with van der Waals surface area (Å²) in [6, 6.07) is 3.88. The second-order valence-corrected chi connectivity index (χ2v) is 5.89. The number of thiazole rings is 1. The van der Waals surface area contributed by atoms with Gasteiger partial charge in [0, 0.05) is 35.2 Å². The van der Waals surface area contributed by atoms with Crippen molar-refractivity contribution in [3.05, 3.63) is 42.5 Å².